The van der Waals surface area contributed by atoms with Gasteiger partial charge in [0, 0.05) is 5.41 Å². The van der Waals surface area contributed by atoms with Gasteiger partial charge in [0.05, 0.1) is 18.6 Å². The Bertz CT molecular complexity index is 405. The van der Waals surface area contributed by atoms with E-state index in [0.29, 0.717) is 19.6 Å². The van der Waals surface area contributed by atoms with E-state index < -0.39 is 11.4 Å². The van der Waals surface area contributed by atoms with Gasteiger partial charge in [0.15, 0.2) is 0 Å². The highest BCUT2D eigenvalue weighted by Gasteiger charge is 2.46. The third-order valence-electron chi connectivity index (χ3n) is 3.50. The van der Waals surface area contributed by atoms with Crippen molar-refractivity contribution in [1.82, 2.24) is 0 Å². The van der Waals surface area contributed by atoms with E-state index in [9.17, 15) is 9.90 Å². The summed E-state index contributed by atoms with van der Waals surface area (Å²) in [4.78, 5) is 11.2. The zero-order valence-corrected chi connectivity index (χ0v) is 10.3. The Balaban J connectivity index is 2.25. The molecule has 1 aliphatic rings. The SMILES string of the molecule is CC(C)(CC1(c2ccccc2)COC1)C(=O)O. The Morgan fingerprint density at radius 3 is 2.35 bits per heavy atom. The van der Waals surface area contributed by atoms with E-state index in [2.05, 4.69) is 12.1 Å². The van der Waals surface area contributed by atoms with Crippen molar-refractivity contribution in [3.63, 3.8) is 0 Å². The van der Waals surface area contributed by atoms with E-state index >= 15 is 0 Å². The minimum Gasteiger partial charge on any atom is -0.481 e. The van der Waals surface area contributed by atoms with E-state index in [1.54, 1.807) is 13.8 Å². The molecule has 0 radical (unpaired) electrons. The molecular formula is C14H18O3. The Labute approximate surface area is 101 Å². The van der Waals surface area contributed by atoms with Gasteiger partial charge in [-0.05, 0) is 25.8 Å². The van der Waals surface area contributed by atoms with Crippen LogP contribution in [0.3, 0.4) is 0 Å². The van der Waals surface area contributed by atoms with Gasteiger partial charge < -0.3 is 9.84 Å². The second-order valence-electron chi connectivity index (χ2n) is 5.50. The van der Waals surface area contributed by atoms with Crippen molar-refractivity contribution in [1.29, 1.82) is 0 Å². The smallest absolute Gasteiger partial charge is 0.309 e. The number of carbonyl (C=O) groups is 1. The first-order valence-corrected chi connectivity index (χ1v) is 5.83. The van der Waals surface area contributed by atoms with Crippen LogP contribution in [0.1, 0.15) is 25.8 Å². The number of aliphatic carboxylic acids is 1. The molecule has 0 amide bonds. The normalized spacial score (nSPS) is 18.5. The number of rotatable bonds is 4. The number of benzene rings is 1. The summed E-state index contributed by atoms with van der Waals surface area (Å²) in [5, 5.41) is 9.23. The number of hydrogen-bond acceptors (Lipinski definition) is 2. The first-order valence-electron chi connectivity index (χ1n) is 5.83. The molecule has 1 saturated heterocycles. The van der Waals surface area contributed by atoms with Crippen LogP contribution in [0.15, 0.2) is 30.3 Å². The Morgan fingerprint density at radius 2 is 1.94 bits per heavy atom. The Hall–Kier alpha value is -1.35. The highest BCUT2D eigenvalue weighted by atomic mass is 16.5. The van der Waals surface area contributed by atoms with Crippen molar-refractivity contribution in [2.45, 2.75) is 25.7 Å². The van der Waals surface area contributed by atoms with Gasteiger partial charge in [-0.15, -0.1) is 0 Å². The van der Waals surface area contributed by atoms with Gasteiger partial charge >= 0.3 is 5.97 Å². The summed E-state index contributed by atoms with van der Waals surface area (Å²) in [6.45, 7) is 4.79. The number of carboxylic acid groups (broad SMARTS) is 1. The first kappa shape index (κ1) is 12.1. The summed E-state index contributed by atoms with van der Waals surface area (Å²) >= 11 is 0. The van der Waals surface area contributed by atoms with E-state index in [-0.39, 0.29) is 5.41 Å². The largest absolute Gasteiger partial charge is 0.481 e. The van der Waals surface area contributed by atoms with Crippen LogP contribution in [0, 0.1) is 5.41 Å². The molecule has 3 heteroatoms. The average Bonchev–Trinajstić information content (AvgIpc) is 2.24. The maximum absolute atomic E-state index is 11.2. The fraction of sp³-hybridized carbons (Fsp3) is 0.500. The highest BCUT2D eigenvalue weighted by Crippen LogP contribution is 2.42. The number of hydrogen-bond donors (Lipinski definition) is 1. The lowest BCUT2D eigenvalue weighted by Gasteiger charge is -2.45. The molecule has 0 atom stereocenters. The van der Waals surface area contributed by atoms with Gasteiger partial charge in [0.2, 0.25) is 0 Å². The molecule has 0 saturated carbocycles. The molecule has 1 aromatic carbocycles. The maximum atomic E-state index is 11.2. The molecule has 0 unspecified atom stereocenters. The van der Waals surface area contributed by atoms with Crippen molar-refractivity contribution in [2.24, 2.45) is 5.41 Å². The molecule has 17 heavy (non-hydrogen) atoms. The lowest BCUT2D eigenvalue weighted by Crippen LogP contribution is -2.50. The van der Waals surface area contributed by atoms with Crippen LogP contribution in [0.2, 0.25) is 0 Å². The van der Waals surface area contributed by atoms with Gasteiger partial charge in [-0.1, -0.05) is 30.3 Å². The summed E-state index contributed by atoms with van der Waals surface area (Å²) in [5.41, 5.74) is 0.337. The first-order chi connectivity index (χ1) is 7.96. The van der Waals surface area contributed by atoms with Crippen LogP contribution >= 0.6 is 0 Å². The molecule has 92 valence electrons. The van der Waals surface area contributed by atoms with Crippen molar-refractivity contribution in [3.8, 4) is 0 Å². The average molecular weight is 234 g/mol. The van der Waals surface area contributed by atoms with Gasteiger partial charge in [-0.2, -0.15) is 0 Å². The van der Waals surface area contributed by atoms with Crippen molar-refractivity contribution in [2.75, 3.05) is 13.2 Å². The molecule has 0 aromatic heterocycles. The quantitative estimate of drug-likeness (QED) is 0.870. The Kier molecular flexibility index (Phi) is 2.96. The van der Waals surface area contributed by atoms with Crippen LogP contribution in [-0.2, 0) is 14.9 Å². The predicted octanol–water partition coefficient (Wildman–Crippen LogP) is 2.46. The lowest BCUT2D eigenvalue weighted by atomic mass is 9.68. The molecular weight excluding hydrogens is 216 g/mol. The molecule has 3 nitrogen and oxygen atoms in total. The molecule has 2 rings (SSSR count). The zero-order chi connectivity index (χ0) is 12.5. The molecule has 0 aliphatic carbocycles. The summed E-state index contributed by atoms with van der Waals surface area (Å²) in [7, 11) is 0. The van der Waals surface area contributed by atoms with Crippen molar-refractivity contribution >= 4 is 5.97 Å². The molecule has 1 aromatic rings. The second-order valence-corrected chi connectivity index (χ2v) is 5.50. The summed E-state index contributed by atoms with van der Waals surface area (Å²) in [6.07, 6.45) is 0.610. The summed E-state index contributed by atoms with van der Waals surface area (Å²) in [6, 6.07) is 10.1. The maximum Gasteiger partial charge on any atom is 0.309 e. The van der Waals surface area contributed by atoms with Crippen LogP contribution < -0.4 is 0 Å². The van der Waals surface area contributed by atoms with Gasteiger partial charge in [-0.25, -0.2) is 0 Å². The van der Waals surface area contributed by atoms with Crippen molar-refractivity contribution < 1.29 is 14.6 Å². The fourth-order valence-electron chi connectivity index (χ4n) is 2.43. The highest BCUT2D eigenvalue weighted by molar-refractivity contribution is 5.73. The summed E-state index contributed by atoms with van der Waals surface area (Å²) in [5.74, 6) is -0.750. The third-order valence-corrected chi connectivity index (χ3v) is 3.50. The van der Waals surface area contributed by atoms with Crippen LogP contribution in [-0.4, -0.2) is 24.3 Å². The molecule has 1 heterocycles. The van der Waals surface area contributed by atoms with Crippen molar-refractivity contribution in [3.05, 3.63) is 35.9 Å². The number of ether oxygens (including phenoxy) is 1. The minimum absolute atomic E-state index is 0.122. The van der Waals surface area contributed by atoms with E-state index in [1.807, 2.05) is 18.2 Å². The molecule has 1 aliphatic heterocycles. The van der Waals surface area contributed by atoms with Gasteiger partial charge in [0.25, 0.3) is 0 Å². The third kappa shape index (κ3) is 2.20. The van der Waals surface area contributed by atoms with Crippen LogP contribution in [0.4, 0.5) is 0 Å². The molecule has 0 spiro atoms. The Morgan fingerprint density at radius 1 is 1.35 bits per heavy atom. The van der Waals surface area contributed by atoms with E-state index in [1.165, 1.54) is 5.56 Å². The van der Waals surface area contributed by atoms with E-state index in [4.69, 9.17) is 4.74 Å². The van der Waals surface area contributed by atoms with Gasteiger partial charge in [-0.3, -0.25) is 4.79 Å². The number of carboxylic acids is 1. The standard InChI is InChI=1S/C14H18O3/c1-13(2,12(15)16)8-14(9-17-10-14)11-6-4-3-5-7-11/h3-7H,8-10H2,1-2H3,(H,15,16). The van der Waals surface area contributed by atoms with Gasteiger partial charge in [0.1, 0.15) is 0 Å². The molecule has 1 N–H and O–H groups in total. The summed E-state index contributed by atoms with van der Waals surface area (Å²) < 4.78 is 5.33. The lowest BCUT2D eigenvalue weighted by molar-refractivity contribution is -0.152. The van der Waals surface area contributed by atoms with E-state index in [0.717, 1.165) is 0 Å². The topological polar surface area (TPSA) is 46.5 Å². The predicted molar refractivity (Wildman–Crippen MR) is 65.0 cm³/mol. The molecule has 1 fully saturated rings. The molecule has 0 bridgehead atoms. The second kappa shape index (κ2) is 4.15. The minimum atomic E-state index is -0.750. The zero-order valence-electron chi connectivity index (χ0n) is 10.3. The van der Waals surface area contributed by atoms with Crippen LogP contribution in [0.5, 0.6) is 0 Å². The monoisotopic (exact) mass is 234 g/mol. The van der Waals surface area contributed by atoms with Crippen LogP contribution in [0.25, 0.3) is 0 Å². The fourth-order valence-corrected chi connectivity index (χ4v) is 2.43.